The predicted molar refractivity (Wildman–Crippen MR) is 69.6 cm³/mol. The Labute approximate surface area is 105 Å². The normalized spacial score (nSPS) is 19.3. The van der Waals surface area contributed by atoms with E-state index in [2.05, 4.69) is 11.5 Å². The summed E-state index contributed by atoms with van der Waals surface area (Å²) in [6.07, 6.45) is 9.90. The summed E-state index contributed by atoms with van der Waals surface area (Å²) in [5.41, 5.74) is 4.27. The van der Waals surface area contributed by atoms with Crippen molar-refractivity contribution in [3.05, 3.63) is 11.6 Å². The smallest absolute Gasteiger partial charge is 0.0701 e. The van der Waals surface area contributed by atoms with Gasteiger partial charge in [-0.3, -0.25) is 11.3 Å². The molecule has 0 spiro atoms. The van der Waals surface area contributed by atoms with Gasteiger partial charge >= 0.3 is 0 Å². The van der Waals surface area contributed by atoms with Gasteiger partial charge in [-0.2, -0.15) is 0 Å². The predicted octanol–water partition coefficient (Wildman–Crippen LogP) is 1.76. The van der Waals surface area contributed by atoms with Gasteiger partial charge in [-0.15, -0.1) is 0 Å². The van der Waals surface area contributed by atoms with Crippen molar-refractivity contribution < 1.29 is 9.47 Å². The second kappa shape index (κ2) is 9.59. The highest BCUT2D eigenvalue weighted by molar-refractivity contribution is 5.11. The summed E-state index contributed by atoms with van der Waals surface area (Å²) < 4.78 is 10.5. The molecule has 0 aromatic carbocycles. The number of hydrogen-bond acceptors (Lipinski definition) is 4. The number of rotatable bonds is 7. The molecule has 0 bridgehead atoms. The quantitative estimate of drug-likeness (QED) is 0.309. The average molecular weight is 242 g/mol. The highest BCUT2D eigenvalue weighted by Gasteiger charge is 2.13. The molecule has 0 heterocycles. The third kappa shape index (κ3) is 6.17. The van der Waals surface area contributed by atoms with Crippen LogP contribution in [0.5, 0.6) is 0 Å². The largest absolute Gasteiger partial charge is 0.382 e. The number of hydrazine groups is 1. The van der Waals surface area contributed by atoms with Crippen LogP contribution in [-0.2, 0) is 9.47 Å². The summed E-state index contributed by atoms with van der Waals surface area (Å²) in [5.74, 6) is 5.61. The molecule has 1 rings (SSSR count). The van der Waals surface area contributed by atoms with Crippen molar-refractivity contribution in [2.45, 2.75) is 44.6 Å². The van der Waals surface area contributed by atoms with E-state index in [4.69, 9.17) is 15.3 Å². The molecule has 0 saturated heterocycles. The Bertz CT molecular complexity index is 219. The zero-order chi connectivity index (χ0) is 12.3. The molecule has 0 amide bonds. The van der Waals surface area contributed by atoms with Gasteiger partial charge in [0, 0.05) is 7.11 Å². The molecule has 1 unspecified atom stereocenters. The lowest BCUT2D eigenvalue weighted by atomic mass is 9.95. The molecule has 0 radical (unpaired) electrons. The maximum atomic E-state index is 5.61. The Morgan fingerprint density at radius 1 is 1.29 bits per heavy atom. The fourth-order valence-electron chi connectivity index (χ4n) is 2.14. The second-order valence-electron chi connectivity index (χ2n) is 4.52. The number of nitrogens with one attached hydrogen (secondary N) is 1. The fourth-order valence-corrected chi connectivity index (χ4v) is 2.14. The van der Waals surface area contributed by atoms with Crippen LogP contribution in [0.25, 0.3) is 0 Å². The van der Waals surface area contributed by atoms with Crippen LogP contribution >= 0.6 is 0 Å². The van der Waals surface area contributed by atoms with E-state index in [0.717, 1.165) is 6.42 Å². The number of methoxy groups -OCH3 is 1. The highest BCUT2D eigenvalue weighted by Crippen LogP contribution is 2.19. The molecule has 0 fully saturated rings. The Morgan fingerprint density at radius 3 is 2.88 bits per heavy atom. The molecule has 1 aliphatic carbocycles. The highest BCUT2D eigenvalue weighted by atomic mass is 16.5. The van der Waals surface area contributed by atoms with Crippen molar-refractivity contribution in [1.29, 1.82) is 0 Å². The second-order valence-corrected chi connectivity index (χ2v) is 4.52. The van der Waals surface area contributed by atoms with Gasteiger partial charge in [-0.1, -0.05) is 24.5 Å². The first-order valence-electron chi connectivity index (χ1n) is 6.60. The van der Waals surface area contributed by atoms with E-state index in [1.165, 1.54) is 37.7 Å². The minimum absolute atomic E-state index is 0.157. The summed E-state index contributed by atoms with van der Waals surface area (Å²) in [4.78, 5) is 0. The van der Waals surface area contributed by atoms with Crippen LogP contribution in [0, 0.1) is 0 Å². The van der Waals surface area contributed by atoms with E-state index in [1.807, 2.05) is 0 Å². The van der Waals surface area contributed by atoms with Gasteiger partial charge in [0.15, 0.2) is 0 Å². The van der Waals surface area contributed by atoms with Crippen molar-refractivity contribution in [2.24, 2.45) is 5.84 Å². The number of ether oxygens (including phenoxy) is 2. The van der Waals surface area contributed by atoms with Crippen molar-refractivity contribution in [3.8, 4) is 0 Å². The lowest BCUT2D eigenvalue weighted by Gasteiger charge is -2.21. The van der Waals surface area contributed by atoms with E-state index >= 15 is 0 Å². The molecule has 0 aromatic heterocycles. The van der Waals surface area contributed by atoms with Crippen molar-refractivity contribution in [3.63, 3.8) is 0 Å². The van der Waals surface area contributed by atoms with E-state index in [-0.39, 0.29) is 6.04 Å². The zero-order valence-electron chi connectivity index (χ0n) is 10.9. The van der Waals surface area contributed by atoms with Crippen LogP contribution in [0.3, 0.4) is 0 Å². The molecule has 0 aliphatic heterocycles. The molecule has 17 heavy (non-hydrogen) atoms. The van der Waals surface area contributed by atoms with Gasteiger partial charge in [-0.25, -0.2) is 0 Å². The molecule has 1 aliphatic rings. The van der Waals surface area contributed by atoms with Crippen molar-refractivity contribution in [1.82, 2.24) is 5.43 Å². The SMILES string of the molecule is COCCOCC(NN)C1=CCCCCCC1. The third-order valence-electron chi connectivity index (χ3n) is 3.19. The lowest BCUT2D eigenvalue weighted by molar-refractivity contribution is 0.0626. The van der Waals surface area contributed by atoms with E-state index in [9.17, 15) is 0 Å². The van der Waals surface area contributed by atoms with Gasteiger partial charge in [0.25, 0.3) is 0 Å². The molecule has 4 heteroatoms. The maximum Gasteiger partial charge on any atom is 0.0701 e. The van der Waals surface area contributed by atoms with Gasteiger partial charge in [0.2, 0.25) is 0 Å². The molecule has 1 atom stereocenters. The van der Waals surface area contributed by atoms with Crippen LogP contribution in [0.1, 0.15) is 38.5 Å². The standard InChI is InChI=1S/C13H26N2O2/c1-16-9-10-17-11-13(15-14)12-7-5-3-2-4-6-8-12/h7,13,15H,2-6,8-11,14H2,1H3. The molecule has 100 valence electrons. The van der Waals surface area contributed by atoms with E-state index in [1.54, 1.807) is 7.11 Å². The maximum absolute atomic E-state index is 5.61. The lowest BCUT2D eigenvalue weighted by Crippen LogP contribution is -2.40. The molecule has 3 N–H and O–H groups in total. The van der Waals surface area contributed by atoms with Crippen LogP contribution in [0.15, 0.2) is 11.6 Å². The molecule has 4 nitrogen and oxygen atoms in total. The Kier molecular flexibility index (Phi) is 8.26. The molecular formula is C13H26N2O2. The van der Waals surface area contributed by atoms with Crippen LogP contribution in [-0.4, -0.2) is 33.0 Å². The van der Waals surface area contributed by atoms with Gasteiger partial charge in [0.05, 0.1) is 25.9 Å². The first kappa shape index (κ1) is 14.6. The Morgan fingerprint density at radius 2 is 2.12 bits per heavy atom. The monoisotopic (exact) mass is 242 g/mol. The average Bonchev–Trinajstić information content (AvgIpc) is 2.30. The van der Waals surface area contributed by atoms with Gasteiger partial charge in [0.1, 0.15) is 0 Å². The molecule has 0 saturated carbocycles. The van der Waals surface area contributed by atoms with E-state index < -0.39 is 0 Å². The minimum atomic E-state index is 0.157. The van der Waals surface area contributed by atoms with Gasteiger partial charge in [-0.05, 0) is 25.7 Å². The van der Waals surface area contributed by atoms with Crippen LogP contribution in [0.2, 0.25) is 0 Å². The minimum Gasteiger partial charge on any atom is -0.382 e. The van der Waals surface area contributed by atoms with Gasteiger partial charge < -0.3 is 9.47 Å². The summed E-state index contributed by atoms with van der Waals surface area (Å²) in [6, 6.07) is 0.157. The number of allylic oxidation sites excluding steroid dienone is 1. The first-order valence-corrected chi connectivity index (χ1v) is 6.60. The first-order chi connectivity index (χ1) is 8.38. The zero-order valence-corrected chi connectivity index (χ0v) is 10.9. The molecular weight excluding hydrogens is 216 g/mol. The number of nitrogens with two attached hydrogens (primary N) is 1. The fraction of sp³-hybridized carbons (Fsp3) is 0.846. The summed E-state index contributed by atoms with van der Waals surface area (Å²) >= 11 is 0. The summed E-state index contributed by atoms with van der Waals surface area (Å²) in [6.45, 7) is 1.89. The number of hydrogen-bond donors (Lipinski definition) is 2. The Balaban J connectivity index is 2.35. The van der Waals surface area contributed by atoms with Crippen LogP contribution < -0.4 is 11.3 Å². The Hall–Kier alpha value is -0.420. The summed E-state index contributed by atoms with van der Waals surface area (Å²) in [5, 5.41) is 0. The summed E-state index contributed by atoms with van der Waals surface area (Å²) in [7, 11) is 1.68. The van der Waals surface area contributed by atoms with Crippen LogP contribution in [0.4, 0.5) is 0 Å². The van der Waals surface area contributed by atoms with E-state index in [0.29, 0.717) is 19.8 Å². The molecule has 0 aromatic rings. The van der Waals surface area contributed by atoms with Crippen molar-refractivity contribution >= 4 is 0 Å². The van der Waals surface area contributed by atoms with Crippen molar-refractivity contribution in [2.75, 3.05) is 26.9 Å². The topological polar surface area (TPSA) is 56.5 Å². The third-order valence-corrected chi connectivity index (χ3v) is 3.19.